The summed E-state index contributed by atoms with van der Waals surface area (Å²) in [5, 5.41) is 1.19. The van der Waals surface area contributed by atoms with Crippen molar-refractivity contribution in [2.45, 2.75) is 13.0 Å². The highest BCUT2D eigenvalue weighted by Gasteiger charge is 2.14. The van der Waals surface area contributed by atoms with Crippen LogP contribution in [0.2, 0.25) is 0 Å². The highest BCUT2D eigenvalue weighted by molar-refractivity contribution is 5.90. The van der Waals surface area contributed by atoms with Crippen molar-refractivity contribution in [3.05, 3.63) is 65.7 Å². The number of carbonyl (C=O) groups is 1. The molecule has 1 aliphatic heterocycles. The minimum atomic E-state index is -0.299. The van der Waals surface area contributed by atoms with Gasteiger partial charge in [-0.1, -0.05) is 48.6 Å². The summed E-state index contributed by atoms with van der Waals surface area (Å²) < 4.78 is 2.29. The Morgan fingerprint density at radius 3 is 2.86 bits per heavy atom. The lowest BCUT2D eigenvalue weighted by molar-refractivity contribution is -0.117. The lowest BCUT2D eigenvalue weighted by Crippen LogP contribution is -2.13. The van der Waals surface area contributed by atoms with Gasteiger partial charge >= 0.3 is 0 Å². The third kappa shape index (κ3) is 2.02. The van der Waals surface area contributed by atoms with Crippen LogP contribution in [0.15, 0.2) is 54.6 Å². The molecule has 22 heavy (non-hydrogen) atoms. The van der Waals surface area contributed by atoms with Gasteiger partial charge in [-0.05, 0) is 23.3 Å². The number of allylic oxidation sites excluding steroid dienone is 1. The highest BCUT2D eigenvalue weighted by Crippen LogP contribution is 2.33. The molecule has 2 N–H and O–H groups in total. The molecule has 3 aromatic rings. The molecule has 4 rings (SSSR count). The van der Waals surface area contributed by atoms with Gasteiger partial charge in [0.2, 0.25) is 5.91 Å². The Bertz CT molecular complexity index is 918. The Hall–Kier alpha value is -2.81. The van der Waals surface area contributed by atoms with E-state index in [0.29, 0.717) is 0 Å². The fourth-order valence-corrected chi connectivity index (χ4v) is 3.19. The Kier molecular flexibility index (Phi) is 2.86. The summed E-state index contributed by atoms with van der Waals surface area (Å²) in [6.07, 6.45) is 4.62. The summed E-state index contributed by atoms with van der Waals surface area (Å²) in [5.74, 6) is -0.299. The maximum Gasteiger partial charge on any atom is 0.221 e. The Balaban J connectivity index is 1.95. The number of aromatic nitrogens is 1. The predicted octanol–water partition coefficient (Wildman–Crippen LogP) is 3.36. The monoisotopic (exact) mass is 288 g/mol. The van der Waals surface area contributed by atoms with Crippen LogP contribution in [0.3, 0.4) is 0 Å². The second-order valence-electron chi connectivity index (χ2n) is 5.67. The lowest BCUT2D eigenvalue weighted by Gasteiger charge is -2.08. The quantitative estimate of drug-likeness (QED) is 0.772. The molecule has 0 aliphatic carbocycles. The molecule has 3 nitrogen and oxygen atoms in total. The van der Waals surface area contributed by atoms with E-state index in [2.05, 4.69) is 59.2 Å². The molecule has 0 bridgehead atoms. The molecule has 0 atom stereocenters. The van der Waals surface area contributed by atoms with Crippen LogP contribution >= 0.6 is 0 Å². The predicted molar refractivity (Wildman–Crippen MR) is 89.3 cm³/mol. The van der Waals surface area contributed by atoms with Crippen molar-refractivity contribution in [1.82, 2.24) is 4.57 Å². The van der Waals surface area contributed by atoms with Gasteiger partial charge in [-0.3, -0.25) is 4.79 Å². The maximum absolute atomic E-state index is 11.2. The van der Waals surface area contributed by atoms with Crippen LogP contribution in [-0.2, 0) is 17.8 Å². The SMILES string of the molecule is NC(=O)Cc1ccc2cc3n(c2c1)CC=Cc1ccccc1-3. The molecule has 0 unspecified atom stereocenters. The molecule has 0 radical (unpaired) electrons. The van der Waals surface area contributed by atoms with E-state index in [0.717, 1.165) is 17.6 Å². The van der Waals surface area contributed by atoms with E-state index in [9.17, 15) is 4.79 Å². The summed E-state index contributed by atoms with van der Waals surface area (Å²) >= 11 is 0. The molecule has 0 saturated carbocycles. The third-order valence-electron chi connectivity index (χ3n) is 4.17. The van der Waals surface area contributed by atoms with Crippen molar-refractivity contribution in [2.24, 2.45) is 5.73 Å². The first-order valence-corrected chi connectivity index (χ1v) is 7.39. The zero-order valence-corrected chi connectivity index (χ0v) is 12.1. The molecule has 3 heteroatoms. The van der Waals surface area contributed by atoms with Crippen molar-refractivity contribution in [3.8, 4) is 11.3 Å². The zero-order valence-electron chi connectivity index (χ0n) is 12.1. The van der Waals surface area contributed by atoms with Crippen molar-refractivity contribution in [3.63, 3.8) is 0 Å². The van der Waals surface area contributed by atoms with Gasteiger partial charge in [-0.15, -0.1) is 0 Å². The van der Waals surface area contributed by atoms with Gasteiger partial charge in [0.1, 0.15) is 0 Å². The number of hydrogen-bond acceptors (Lipinski definition) is 1. The van der Waals surface area contributed by atoms with E-state index < -0.39 is 0 Å². The van der Waals surface area contributed by atoms with E-state index >= 15 is 0 Å². The number of primary amides is 1. The summed E-state index contributed by atoms with van der Waals surface area (Å²) in [4.78, 5) is 11.2. The standard InChI is InChI=1S/C19H16N2O/c20-19(22)11-13-7-8-15-12-18-16-6-2-1-4-14(16)5-3-9-21(18)17(15)10-13/h1-8,10,12H,9,11H2,(H2,20,22). The minimum absolute atomic E-state index is 0.281. The molecule has 1 aromatic heterocycles. The molecule has 1 amide bonds. The minimum Gasteiger partial charge on any atom is -0.369 e. The number of carbonyl (C=O) groups excluding carboxylic acids is 1. The van der Waals surface area contributed by atoms with Crippen LogP contribution < -0.4 is 5.73 Å². The average molecular weight is 288 g/mol. The maximum atomic E-state index is 11.2. The number of rotatable bonds is 2. The van der Waals surface area contributed by atoms with Crippen LogP contribution in [0.1, 0.15) is 11.1 Å². The molecule has 1 aliphatic rings. The van der Waals surface area contributed by atoms with E-state index in [-0.39, 0.29) is 12.3 Å². The second-order valence-corrected chi connectivity index (χ2v) is 5.67. The zero-order chi connectivity index (χ0) is 15.1. The topological polar surface area (TPSA) is 48.0 Å². The van der Waals surface area contributed by atoms with Crippen molar-refractivity contribution in [2.75, 3.05) is 0 Å². The first-order valence-electron chi connectivity index (χ1n) is 7.39. The first kappa shape index (κ1) is 12.9. The summed E-state index contributed by atoms with van der Waals surface area (Å²) in [6.45, 7) is 0.827. The Morgan fingerprint density at radius 1 is 1.14 bits per heavy atom. The molecular formula is C19H16N2O. The fraction of sp³-hybridized carbons (Fsp3) is 0.105. The van der Waals surface area contributed by atoms with E-state index in [1.807, 2.05) is 6.07 Å². The van der Waals surface area contributed by atoms with Crippen LogP contribution in [0.5, 0.6) is 0 Å². The number of amides is 1. The largest absolute Gasteiger partial charge is 0.369 e. The molecule has 0 fully saturated rings. The fourth-order valence-electron chi connectivity index (χ4n) is 3.19. The van der Waals surface area contributed by atoms with E-state index in [1.165, 1.54) is 22.2 Å². The molecule has 0 spiro atoms. The van der Waals surface area contributed by atoms with Gasteiger partial charge in [0.05, 0.1) is 6.42 Å². The van der Waals surface area contributed by atoms with Gasteiger partial charge in [0, 0.05) is 28.7 Å². The second kappa shape index (κ2) is 4.88. The van der Waals surface area contributed by atoms with Gasteiger partial charge in [0.15, 0.2) is 0 Å². The lowest BCUT2D eigenvalue weighted by atomic mass is 10.0. The first-order chi connectivity index (χ1) is 10.7. The molecule has 108 valence electrons. The van der Waals surface area contributed by atoms with Crippen LogP contribution in [0.25, 0.3) is 28.2 Å². The third-order valence-corrected chi connectivity index (χ3v) is 4.17. The Morgan fingerprint density at radius 2 is 2.00 bits per heavy atom. The highest BCUT2D eigenvalue weighted by atomic mass is 16.1. The van der Waals surface area contributed by atoms with Gasteiger partial charge in [0.25, 0.3) is 0 Å². The molecular weight excluding hydrogens is 272 g/mol. The van der Waals surface area contributed by atoms with Gasteiger partial charge < -0.3 is 10.3 Å². The van der Waals surface area contributed by atoms with Crippen LogP contribution in [-0.4, -0.2) is 10.5 Å². The molecule has 2 aromatic carbocycles. The molecule has 0 saturated heterocycles. The van der Waals surface area contributed by atoms with Crippen molar-refractivity contribution in [1.29, 1.82) is 0 Å². The summed E-state index contributed by atoms with van der Waals surface area (Å²) in [6, 6.07) is 16.8. The molecule has 2 heterocycles. The summed E-state index contributed by atoms with van der Waals surface area (Å²) in [5.41, 5.74) is 11.1. The number of benzene rings is 2. The van der Waals surface area contributed by atoms with Crippen molar-refractivity contribution >= 4 is 22.9 Å². The number of nitrogens with zero attached hydrogens (tertiary/aromatic N) is 1. The van der Waals surface area contributed by atoms with Gasteiger partial charge in [-0.2, -0.15) is 0 Å². The average Bonchev–Trinajstić information content (AvgIpc) is 2.75. The number of fused-ring (bicyclic) bond motifs is 5. The van der Waals surface area contributed by atoms with Crippen LogP contribution in [0, 0.1) is 0 Å². The normalized spacial score (nSPS) is 12.7. The number of nitrogens with two attached hydrogens (primary N) is 1. The van der Waals surface area contributed by atoms with Gasteiger partial charge in [-0.25, -0.2) is 0 Å². The number of hydrogen-bond donors (Lipinski definition) is 1. The Labute approximate surface area is 128 Å². The van der Waals surface area contributed by atoms with E-state index in [4.69, 9.17) is 5.73 Å². The summed E-state index contributed by atoms with van der Waals surface area (Å²) in [7, 11) is 0. The smallest absolute Gasteiger partial charge is 0.221 e. The van der Waals surface area contributed by atoms with E-state index in [1.54, 1.807) is 0 Å². The van der Waals surface area contributed by atoms with Crippen molar-refractivity contribution < 1.29 is 4.79 Å². The van der Waals surface area contributed by atoms with Crippen LogP contribution in [0.4, 0.5) is 0 Å².